The van der Waals surface area contributed by atoms with E-state index in [1.165, 1.54) is 5.57 Å². The third-order valence-corrected chi connectivity index (χ3v) is 5.22. The monoisotopic (exact) mass is 337 g/mol. The van der Waals surface area contributed by atoms with E-state index in [-0.39, 0.29) is 5.41 Å². The summed E-state index contributed by atoms with van der Waals surface area (Å²) in [5.41, 5.74) is 1.45. The van der Waals surface area contributed by atoms with Gasteiger partial charge in [-0.25, -0.2) is 0 Å². The Kier molecular flexibility index (Phi) is 5.87. The van der Waals surface area contributed by atoms with Crippen LogP contribution in [0.5, 0.6) is 0 Å². The molecular weight excluding hydrogens is 310 g/mol. The normalized spacial score (nSPS) is 25.2. The Labute approximate surface area is 150 Å². The molecular formula is C22H27NO2. The van der Waals surface area contributed by atoms with Crippen LogP contribution < -0.4 is 0 Å². The second-order valence-electron chi connectivity index (χ2n) is 7.00. The van der Waals surface area contributed by atoms with Gasteiger partial charge in [-0.05, 0) is 44.4 Å². The lowest BCUT2D eigenvalue weighted by molar-refractivity contribution is -0.116. The summed E-state index contributed by atoms with van der Waals surface area (Å²) in [4.78, 5) is 14.4. The Balaban J connectivity index is 1.72. The molecule has 132 valence electrons. The molecule has 1 aliphatic heterocycles. The molecule has 1 unspecified atom stereocenters. The van der Waals surface area contributed by atoms with Crippen LogP contribution in [0.25, 0.3) is 0 Å². The maximum atomic E-state index is 11.9. The number of hydrogen-bond donors (Lipinski definition) is 0. The average Bonchev–Trinajstić information content (AvgIpc) is 3.11. The van der Waals surface area contributed by atoms with Crippen molar-refractivity contribution in [1.29, 1.82) is 0 Å². The van der Waals surface area contributed by atoms with Crippen molar-refractivity contribution in [1.82, 2.24) is 4.90 Å². The Morgan fingerprint density at radius 1 is 1.24 bits per heavy atom. The highest BCUT2D eigenvalue weighted by molar-refractivity contribution is 5.91. The fourth-order valence-electron chi connectivity index (χ4n) is 3.91. The summed E-state index contributed by atoms with van der Waals surface area (Å²) in [6, 6.07) is 3.98. The zero-order valence-corrected chi connectivity index (χ0v) is 15.0. The van der Waals surface area contributed by atoms with Crippen molar-refractivity contribution in [2.75, 3.05) is 13.1 Å². The molecule has 1 aromatic heterocycles. The second kappa shape index (κ2) is 8.30. The first-order valence-corrected chi connectivity index (χ1v) is 9.15. The second-order valence-corrected chi connectivity index (χ2v) is 7.00. The molecule has 1 saturated heterocycles. The molecule has 1 aromatic rings. The molecule has 3 nitrogen and oxygen atoms in total. The van der Waals surface area contributed by atoms with Gasteiger partial charge in [-0.3, -0.25) is 9.69 Å². The zero-order chi connectivity index (χ0) is 17.5. The lowest BCUT2D eigenvalue weighted by atomic mass is 9.66. The molecule has 0 N–H and O–H groups in total. The number of hydrogen-bond acceptors (Lipinski definition) is 3. The van der Waals surface area contributed by atoms with Gasteiger partial charge >= 0.3 is 0 Å². The van der Waals surface area contributed by atoms with Crippen LogP contribution in [0.4, 0.5) is 0 Å². The quantitative estimate of drug-likeness (QED) is 0.697. The van der Waals surface area contributed by atoms with Crippen LogP contribution in [-0.4, -0.2) is 23.8 Å². The van der Waals surface area contributed by atoms with Crippen molar-refractivity contribution < 1.29 is 9.21 Å². The van der Waals surface area contributed by atoms with Crippen molar-refractivity contribution in [3.8, 4) is 0 Å². The fourth-order valence-corrected chi connectivity index (χ4v) is 3.91. The van der Waals surface area contributed by atoms with E-state index < -0.39 is 0 Å². The van der Waals surface area contributed by atoms with Crippen molar-refractivity contribution in [2.24, 2.45) is 5.41 Å². The van der Waals surface area contributed by atoms with E-state index in [0.29, 0.717) is 12.2 Å². The van der Waals surface area contributed by atoms with Gasteiger partial charge in [-0.15, -0.1) is 0 Å². The molecule has 2 heterocycles. The van der Waals surface area contributed by atoms with E-state index in [0.717, 1.165) is 44.7 Å². The smallest absolute Gasteiger partial charge is 0.155 e. The molecule has 0 amide bonds. The van der Waals surface area contributed by atoms with Crippen LogP contribution in [0.15, 0.2) is 70.9 Å². The number of ketones is 1. The first-order chi connectivity index (χ1) is 12.2. The van der Waals surface area contributed by atoms with Crippen molar-refractivity contribution >= 4 is 5.78 Å². The molecule has 0 spiro atoms. The van der Waals surface area contributed by atoms with Gasteiger partial charge in [0.2, 0.25) is 0 Å². The summed E-state index contributed by atoms with van der Waals surface area (Å²) < 4.78 is 5.52. The Morgan fingerprint density at radius 2 is 2.12 bits per heavy atom. The SMILES string of the molecule is C\C=C/C=C\C=C\CC12CCC(=O)C=C1CCN(Cc1ccco1)C2. The van der Waals surface area contributed by atoms with E-state index in [4.69, 9.17) is 4.42 Å². The summed E-state index contributed by atoms with van der Waals surface area (Å²) in [6.45, 7) is 4.85. The standard InChI is InChI=1S/C22H27NO2/c1-2-3-4-5-6-7-12-22-13-10-20(24)16-19(22)11-14-23(18-22)17-21-9-8-15-25-21/h2-9,15-16H,10-14,17-18H2,1H3/b3-2-,5-4-,7-6+. The lowest BCUT2D eigenvalue weighted by Crippen LogP contribution is -2.46. The maximum absolute atomic E-state index is 11.9. The third-order valence-electron chi connectivity index (χ3n) is 5.22. The predicted octanol–water partition coefficient (Wildman–Crippen LogP) is 4.84. The first-order valence-electron chi connectivity index (χ1n) is 9.15. The summed E-state index contributed by atoms with van der Waals surface area (Å²) in [6.07, 6.45) is 19.8. The molecule has 25 heavy (non-hydrogen) atoms. The minimum Gasteiger partial charge on any atom is -0.468 e. The largest absolute Gasteiger partial charge is 0.468 e. The van der Waals surface area contributed by atoms with Crippen LogP contribution >= 0.6 is 0 Å². The van der Waals surface area contributed by atoms with Crippen molar-refractivity contribution in [2.45, 2.75) is 39.2 Å². The minimum absolute atomic E-state index is 0.101. The zero-order valence-electron chi connectivity index (χ0n) is 15.0. The average molecular weight is 337 g/mol. The van der Waals surface area contributed by atoms with Crippen LogP contribution in [0.2, 0.25) is 0 Å². The highest BCUT2D eigenvalue weighted by Crippen LogP contribution is 2.45. The highest BCUT2D eigenvalue weighted by Gasteiger charge is 2.41. The number of carbonyl (C=O) groups excluding carboxylic acids is 1. The molecule has 3 heteroatoms. The predicted molar refractivity (Wildman–Crippen MR) is 101 cm³/mol. The van der Waals surface area contributed by atoms with Gasteiger partial charge in [0.1, 0.15) is 5.76 Å². The van der Waals surface area contributed by atoms with Gasteiger partial charge in [0.15, 0.2) is 5.78 Å². The van der Waals surface area contributed by atoms with Crippen molar-refractivity contribution in [3.63, 3.8) is 0 Å². The Bertz CT molecular complexity index is 694. The number of furan rings is 1. The molecule has 2 aliphatic rings. The van der Waals surface area contributed by atoms with Crippen LogP contribution in [-0.2, 0) is 11.3 Å². The van der Waals surface area contributed by atoms with E-state index in [1.54, 1.807) is 6.26 Å². The lowest BCUT2D eigenvalue weighted by Gasteiger charge is -2.46. The van der Waals surface area contributed by atoms with Gasteiger partial charge in [0, 0.05) is 24.9 Å². The molecule has 0 radical (unpaired) electrons. The number of fused-ring (bicyclic) bond motifs is 1. The molecule has 1 aliphatic carbocycles. The van der Waals surface area contributed by atoms with Crippen LogP contribution in [0, 0.1) is 5.41 Å². The summed E-state index contributed by atoms with van der Waals surface area (Å²) in [7, 11) is 0. The number of piperidine rings is 1. The Hall–Kier alpha value is -2.13. The molecule has 3 rings (SSSR count). The molecule has 0 saturated carbocycles. The third kappa shape index (κ3) is 4.49. The maximum Gasteiger partial charge on any atom is 0.155 e. The molecule has 0 aromatic carbocycles. The minimum atomic E-state index is 0.101. The van der Waals surface area contributed by atoms with Gasteiger partial charge in [-0.1, -0.05) is 42.0 Å². The van der Waals surface area contributed by atoms with E-state index >= 15 is 0 Å². The van der Waals surface area contributed by atoms with Crippen molar-refractivity contribution in [3.05, 3.63) is 72.3 Å². The van der Waals surface area contributed by atoms with Gasteiger partial charge < -0.3 is 4.42 Å². The number of carbonyl (C=O) groups is 1. The van der Waals surface area contributed by atoms with E-state index in [2.05, 4.69) is 23.1 Å². The molecule has 1 atom stereocenters. The number of rotatable bonds is 6. The number of likely N-dealkylation sites (tertiary alicyclic amines) is 1. The summed E-state index contributed by atoms with van der Waals surface area (Å²) >= 11 is 0. The van der Waals surface area contributed by atoms with Gasteiger partial charge in [0.05, 0.1) is 12.8 Å². The van der Waals surface area contributed by atoms with E-state index in [1.807, 2.05) is 43.4 Å². The first kappa shape index (κ1) is 17.7. The van der Waals surface area contributed by atoms with Gasteiger partial charge in [-0.2, -0.15) is 0 Å². The van der Waals surface area contributed by atoms with Crippen LogP contribution in [0.1, 0.15) is 38.4 Å². The van der Waals surface area contributed by atoms with E-state index in [9.17, 15) is 4.79 Å². The summed E-state index contributed by atoms with van der Waals surface area (Å²) in [5, 5.41) is 0. The Morgan fingerprint density at radius 3 is 2.92 bits per heavy atom. The van der Waals surface area contributed by atoms with Gasteiger partial charge in [0.25, 0.3) is 0 Å². The fraction of sp³-hybridized carbons (Fsp3) is 0.409. The van der Waals surface area contributed by atoms with Crippen LogP contribution in [0.3, 0.4) is 0 Å². The topological polar surface area (TPSA) is 33.5 Å². The molecule has 1 fully saturated rings. The molecule has 0 bridgehead atoms. The number of allylic oxidation sites excluding steroid dienone is 7. The summed E-state index contributed by atoms with van der Waals surface area (Å²) in [5.74, 6) is 1.31. The number of nitrogens with zero attached hydrogens (tertiary/aromatic N) is 1. The highest BCUT2D eigenvalue weighted by atomic mass is 16.3.